The highest BCUT2D eigenvalue weighted by molar-refractivity contribution is 5.30. The van der Waals surface area contributed by atoms with Gasteiger partial charge < -0.3 is 5.73 Å². The number of hydrogen-bond donors (Lipinski definition) is 1. The molecule has 0 aromatic heterocycles. The lowest BCUT2D eigenvalue weighted by Crippen LogP contribution is -2.27. The lowest BCUT2D eigenvalue weighted by molar-refractivity contribution is -0.137. The molecule has 1 atom stereocenters. The van der Waals surface area contributed by atoms with Crippen LogP contribution in [0.25, 0.3) is 0 Å². The van der Waals surface area contributed by atoms with Gasteiger partial charge >= 0.3 is 6.18 Å². The van der Waals surface area contributed by atoms with E-state index in [1.807, 2.05) is 0 Å². The Bertz CT molecular complexity index is 404. The molecule has 0 spiro atoms. The third-order valence-corrected chi connectivity index (χ3v) is 2.59. The van der Waals surface area contributed by atoms with Crippen molar-refractivity contribution in [1.29, 1.82) is 0 Å². The zero-order valence-electron chi connectivity index (χ0n) is 9.90. The summed E-state index contributed by atoms with van der Waals surface area (Å²) < 4.78 is 51.0. The van der Waals surface area contributed by atoms with E-state index < -0.39 is 29.0 Å². The topological polar surface area (TPSA) is 26.0 Å². The van der Waals surface area contributed by atoms with Gasteiger partial charge in [-0.1, -0.05) is 20.8 Å². The van der Waals surface area contributed by atoms with Gasteiger partial charge in [0.25, 0.3) is 0 Å². The third-order valence-electron chi connectivity index (χ3n) is 2.59. The van der Waals surface area contributed by atoms with Gasteiger partial charge in [-0.25, -0.2) is 4.39 Å². The summed E-state index contributed by atoms with van der Waals surface area (Å²) in [5.41, 5.74) is 4.28. The van der Waals surface area contributed by atoms with Crippen molar-refractivity contribution in [3.63, 3.8) is 0 Å². The standard InChI is InChI=1S/C12H15F4N/c1-11(2,3)10(17)8-6-7(12(14,15)16)4-5-9(8)13/h4-6,10H,17H2,1-3H3/t10-/m1/s1. The largest absolute Gasteiger partial charge is 0.416 e. The van der Waals surface area contributed by atoms with Crippen molar-refractivity contribution >= 4 is 0 Å². The molecule has 0 amide bonds. The molecule has 2 N–H and O–H groups in total. The van der Waals surface area contributed by atoms with Crippen LogP contribution in [0.4, 0.5) is 17.6 Å². The Kier molecular flexibility index (Phi) is 3.52. The molecule has 96 valence electrons. The number of hydrogen-bond acceptors (Lipinski definition) is 1. The highest BCUT2D eigenvalue weighted by Gasteiger charge is 2.33. The van der Waals surface area contributed by atoms with E-state index in [1.54, 1.807) is 20.8 Å². The molecule has 1 rings (SSSR count). The molecule has 1 aromatic carbocycles. The molecule has 0 fully saturated rings. The second-order valence-electron chi connectivity index (χ2n) is 5.08. The van der Waals surface area contributed by atoms with Crippen LogP contribution in [0.15, 0.2) is 18.2 Å². The van der Waals surface area contributed by atoms with Crippen molar-refractivity contribution in [2.24, 2.45) is 11.1 Å². The first-order valence-electron chi connectivity index (χ1n) is 5.15. The quantitative estimate of drug-likeness (QED) is 0.751. The summed E-state index contributed by atoms with van der Waals surface area (Å²) in [6, 6.07) is 1.52. The minimum absolute atomic E-state index is 0.104. The minimum Gasteiger partial charge on any atom is -0.323 e. The maximum Gasteiger partial charge on any atom is 0.416 e. The van der Waals surface area contributed by atoms with Gasteiger partial charge in [0.2, 0.25) is 0 Å². The van der Waals surface area contributed by atoms with Crippen molar-refractivity contribution in [2.45, 2.75) is 33.0 Å². The summed E-state index contributed by atoms with van der Waals surface area (Å²) in [6.07, 6.45) is -4.49. The minimum atomic E-state index is -4.49. The van der Waals surface area contributed by atoms with Crippen LogP contribution in [0.5, 0.6) is 0 Å². The number of halogens is 4. The summed E-state index contributed by atoms with van der Waals surface area (Å²) in [6.45, 7) is 5.24. The SMILES string of the molecule is CC(C)(C)[C@H](N)c1cc(C(F)(F)F)ccc1F. The van der Waals surface area contributed by atoms with Crippen LogP contribution in [0.2, 0.25) is 0 Å². The molecule has 0 aliphatic rings. The third kappa shape index (κ3) is 3.19. The summed E-state index contributed by atoms with van der Waals surface area (Å²) in [7, 11) is 0. The maximum absolute atomic E-state index is 13.5. The number of nitrogens with two attached hydrogens (primary N) is 1. The Labute approximate surface area is 97.6 Å². The van der Waals surface area contributed by atoms with Crippen molar-refractivity contribution in [3.05, 3.63) is 35.1 Å². The van der Waals surface area contributed by atoms with Crippen molar-refractivity contribution in [1.82, 2.24) is 0 Å². The second-order valence-corrected chi connectivity index (χ2v) is 5.08. The van der Waals surface area contributed by atoms with E-state index in [0.717, 1.165) is 12.1 Å². The maximum atomic E-state index is 13.5. The summed E-state index contributed by atoms with van der Waals surface area (Å²) in [5.74, 6) is -0.708. The van der Waals surface area contributed by atoms with Gasteiger partial charge in [-0.15, -0.1) is 0 Å². The first-order chi connectivity index (χ1) is 7.53. The van der Waals surface area contributed by atoms with E-state index >= 15 is 0 Å². The van der Waals surface area contributed by atoms with E-state index in [-0.39, 0.29) is 5.56 Å². The van der Waals surface area contributed by atoms with E-state index in [1.165, 1.54) is 0 Å². The summed E-state index contributed by atoms with van der Waals surface area (Å²) in [5, 5.41) is 0. The molecule has 0 aliphatic carbocycles. The molecule has 0 unspecified atom stereocenters. The zero-order chi connectivity index (χ0) is 13.4. The van der Waals surface area contributed by atoms with Gasteiger partial charge in [-0.05, 0) is 23.6 Å². The van der Waals surface area contributed by atoms with Crippen LogP contribution in [0.3, 0.4) is 0 Å². The second kappa shape index (κ2) is 4.29. The highest BCUT2D eigenvalue weighted by atomic mass is 19.4. The molecule has 1 nitrogen and oxygen atoms in total. The normalized spacial score (nSPS) is 14.8. The fourth-order valence-electron chi connectivity index (χ4n) is 1.42. The Hall–Kier alpha value is -1.10. The van der Waals surface area contributed by atoms with E-state index in [0.29, 0.717) is 6.07 Å². The Balaban J connectivity index is 3.25. The number of benzene rings is 1. The van der Waals surface area contributed by atoms with Crippen LogP contribution in [-0.4, -0.2) is 0 Å². The molecule has 0 bridgehead atoms. The van der Waals surface area contributed by atoms with Crippen LogP contribution >= 0.6 is 0 Å². The Morgan fingerprint density at radius 1 is 1.12 bits per heavy atom. The summed E-state index contributed by atoms with van der Waals surface area (Å²) >= 11 is 0. The van der Waals surface area contributed by atoms with Gasteiger partial charge in [0.1, 0.15) is 5.82 Å². The fraction of sp³-hybridized carbons (Fsp3) is 0.500. The zero-order valence-corrected chi connectivity index (χ0v) is 9.90. The average Bonchev–Trinajstić information content (AvgIpc) is 2.14. The first kappa shape index (κ1) is 14.0. The molecular formula is C12H15F4N. The lowest BCUT2D eigenvalue weighted by atomic mass is 9.82. The fourth-order valence-corrected chi connectivity index (χ4v) is 1.42. The number of rotatable bonds is 1. The smallest absolute Gasteiger partial charge is 0.323 e. The van der Waals surface area contributed by atoms with Gasteiger partial charge in [-0.3, -0.25) is 0 Å². The molecule has 1 aromatic rings. The molecular weight excluding hydrogens is 234 g/mol. The van der Waals surface area contributed by atoms with Crippen molar-refractivity contribution < 1.29 is 17.6 Å². The molecule has 0 aliphatic heterocycles. The molecule has 0 radical (unpaired) electrons. The average molecular weight is 249 g/mol. The van der Waals surface area contributed by atoms with Gasteiger partial charge in [-0.2, -0.15) is 13.2 Å². The van der Waals surface area contributed by atoms with E-state index in [2.05, 4.69) is 0 Å². The van der Waals surface area contributed by atoms with Crippen LogP contribution in [0.1, 0.15) is 37.9 Å². The van der Waals surface area contributed by atoms with Crippen molar-refractivity contribution in [2.75, 3.05) is 0 Å². The lowest BCUT2D eigenvalue weighted by Gasteiger charge is -2.28. The molecule has 0 saturated carbocycles. The van der Waals surface area contributed by atoms with Crippen LogP contribution in [0, 0.1) is 11.2 Å². The monoisotopic (exact) mass is 249 g/mol. The molecule has 0 heterocycles. The molecule has 17 heavy (non-hydrogen) atoms. The van der Waals surface area contributed by atoms with Crippen LogP contribution in [-0.2, 0) is 6.18 Å². The van der Waals surface area contributed by atoms with E-state index in [9.17, 15) is 17.6 Å². The van der Waals surface area contributed by atoms with Gasteiger partial charge in [0.15, 0.2) is 0 Å². The van der Waals surface area contributed by atoms with Gasteiger partial charge in [0.05, 0.1) is 5.56 Å². The van der Waals surface area contributed by atoms with Crippen LogP contribution < -0.4 is 5.73 Å². The molecule has 0 saturated heterocycles. The summed E-state index contributed by atoms with van der Waals surface area (Å²) in [4.78, 5) is 0. The predicted octanol–water partition coefficient (Wildman–Crippen LogP) is 3.89. The van der Waals surface area contributed by atoms with E-state index in [4.69, 9.17) is 5.73 Å². The van der Waals surface area contributed by atoms with Gasteiger partial charge in [0, 0.05) is 11.6 Å². The predicted molar refractivity (Wildman–Crippen MR) is 57.8 cm³/mol. The Morgan fingerprint density at radius 2 is 1.65 bits per heavy atom. The first-order valence-corrected chi connectivity index (χ1v) is 5.15. The van der Waals surface area contributed by atoms with Crippen molar-refractivity contribution in [3.8, 4) is 0 Å². The molecule has 5 heteroatoms. The number of alkyl halides is 3. The highest BCUT2D eigenvalue weighted by Crippen LogP contribution is 2.36. The Morgan fingerprint density at radius 3 is 2.06 bits per heavy atom.